The van der Waals surface area contributed by atoms with Crippen LogP contribution >= 0.6 is 11.3 Å². The number of hydrogen-bond acceptors (Lipinski definition) is 2. The first-order valence-corrected chi connectivity index (χ1v) is 7.28. The lowest BCUT2D eigenvalue weighted by Gasteiger charge is -2.33. The van der Waals surface area contributed by atoms with Gasteiger partial charge in [-0.25, -0.2) is 8.78 Å². The van der Waals surface area contributed by atoms with E-state index in [0.29, 0.717) is 6.54 Å². The number of thiophene rings is 1. The van der Waals surface area contributed by atoms with E-state index < -0.39 is 11.6 Å². The Morgan fingerprint density at radius 3 is 2.85 bits per heavy atom. The maximum atomic E-state index is 13.2. The normalized spacial score (nSPS) is 17.9. The molecule has 0 aliphatic carbocycles. The van der Waals surface area contributed by atoms with Crippen LogP contribution in [0.5, 0.6) is 0 Å². The van der Waals surface area contributed by atoms with E-state index in [1.165, 1.54) is 10.9 Å². The monoisotopic (exact) mass is 293 g/mol. The molecular formula is C15H13F2NOS. The Balaban J connectivity index is 1.90. The minimum atomic E-state index is -0.989. The molecule has 1 atom stereocenters. The number of rotatable bonds is 1. The van der Waals surface area contributed by atoms with Crippen molar-refractivity contribution in [1.29, 1.82) is 0 Å². The van der Waals surface area contributed by atoms with Gasteiger partial charge in [-0.15, -0.1) is 11.3 Å². The Bertz CT molecular complexity index is 668. The van der Waals surface area contributed by atoms with Crippen molar-refractivity contribution in [3.05, 3.63) is 57.3 Å². The maximum Gasteiger partial charge on any atom is 0.254 e. The van der Waals surface area contributed by atoms with Crippen LogP contribution in [0.15, 0.2) is 29.6 Å². The highest BCUT2D eigenvalue weighted by Crippen LogP contribution is 2.33. The van der Waals surface area contributed by atoms with E-state index in [1.807, 2.05) is 18.4 Å². The zero-order valence-corrected chi connectivity index (χ0v) is 11.7. The van der Waals surface area contributed by atoms with Crippen LogP contribution in [0, 0.1) is 11.6 Å². The van der Waals surface area contributed by atoms with Crippen molar-refractivity contribution in [3.63, 3.8) is 0 Å². The van der Waals surface area contributed by atoms with Gasteiger partial charge >= 0.3 is 0 Å². The molecule has 0 N–H and O–H groups in total. The predicted molar refractivity (Wildman–Crippen MR) is 73.8 cm³/mol. The van der Waals surface area contributed by atoms with Crippen LogP contribution in [-0.2, 0) is 6.42 Å². The summed E-state index contributed by atoms with van der Waals surface area (Å²) in [6, 6.07) is 5.28. The molecule has 1 aromatic carbocycles. The molecule has 20 heavy (non-hydrogen) atoms. The quantitative estimate of drug-likeness (QED) is 0.783. The molecule has 0 saturated heterocycles. The maximum absolute atomic E-state index is 13.2. The third kappa shape index (κ3) is 2.12. The molecular weight excluding hydrogens is 280 g/mol. The summed E-state index contributed by atoms with van der Waals surface area (Å²) in [7, 11) is 0. The lowest BCUT2D eigenvalue weighted by atomic mass is 10.0. The highest BCUT2D eigenvalue weighted by atomic mass is 32.1. The Morgan fingerprint density at radius 1 is 1.30 bits per heavy atom. The van der Waals surface area contributed by atoms with Crippen LogP contribution in [0.4, 0.5) is 8.78 Å². The number of benzene rings is 1. The van der Waals surface area contributed by atoms with Gasteiger partial charge < -0.3 is 4.90 Å². The van der Waals surface area contributed by atoms with Crippen LogP contribution in [0.25, 0.3) is 0 Å². The lowest BCUT2D eigenvalue weighted by Crippen LogP contribution is -2.38. The summed E-state index contributed by atoms with van der Waals surface area (Å²) in [5.74, 6) is -2.18. The van der Waals surface area contributed by atoms with Crippen molar-refractivity contribution >= 4 is 17.2 Å². The van der Waals surface area contributed by atoms with Crippen LogP contribution in [-0.4, -0.2) is 17.4 Å². The summed E-state index contributed by atoms with van der Waals surface area (Å²) >= 11 is 1.70. The largest absolute Gasteiger partial charge is 0.331 e. The molecule has 0 spiro atoms. The third-order valence-corrected chi connectivity index (χ3v) is 4.70. The summed E-state index contributed by atoms with van der Waals surface area (Å²) < 4.78 is 26.2. The second kappa shape index (κ2) is 4.98. The van der Waals surface area contributed by atoms with E-state index in [0.717, 1.165) is 24.1 Å². The highest BCUT2D eigenvalue weighted by Gasteiger charge is 2.29. The van der Waals surface area contributed by atoms with Gasteiger partial charge in [0, 0.05) is 17.0 Å². The molecule has 0 unspecified atom stereocenters. The molecule has 0 bridgehead atoms. The van der Waals surface area contributed by atoms with Gasteiger partial charge in [0.05, 0.1) is 6.04 Å². The van der Waals surface area contributed by atoms with Crippen LogP contribution in [0.1, 0.15) is 33.8 Å². The molecule has 0 fully saturated rings. The SMILES string of the molecule is C[C@H]1c2ccsc2CCN1C(=O)c1ccc(F)c(F)c1. The average molecular weight is 293 g/mol. The molecule has 2 aromatic rings. The number of halogens is 2. The molecule has 2 nitrogen and oxygen atoms in total. The van der Waals surface area contributed by atoms with Crippen molar-refractivity contribution in [3.8, 4) is 0 Å². The van der Waals surface area contributed by atoms with Crippen molar-refractivity contribution < 1.29 is 13.6 Å². The predicted octanol–water partition coefficient (Wildman–Crippen LogP) is 3.79. The van der Waals surface area contributed by atoms with Gasteiger partial charge in [-0.2, -0.15) is 0 Å². The molecule has 2 heterocycles. The van der Waals surface area contributed by atoms with E-state index in [9.17, 15) is 13.6 Å². The molecule has 1 amide bonds. The molecule has 0 saturated carbocycles. The molecule has 3 rings (SSSR count). The van der Waals surface area contributed by atoms with Gasteiger partial charge in [0.15, 0.2) is 11.6 Å². The topological polar surface area (TPSA) is 20.3 Å². The van der Waals surface area contributed by atoms with Gasteiger partial charge in [-0.3, -0.25) is 4.79 Å². The van der Waals surface area contributed by atoms with Gasteiger partial charge in [0.2, 0.25) is 0 Å². The number of hydrogen-bond donors (Lipinski definition) is 0. The number of carbonyl (C=O) groups is 1. The Morgan fingerprint density at radius 2 is 2.10 bits per heavy atom. The average Bonchev–Trinajstić information content (AvgIpc) is 2.91. The van der Waals surface area contributed by atoms with E-state index in [4.69, 9.17) is 0 Å². The van der Waals surface area contributed by atoms with Crippen LogP contribution in [0.2, 0.25) is 0 Å². The van der Waals surface area contributed by atoms with Crippen molar-refractivity contribution in [1.82, 2.24) is 4.90 Å². The minimum Gasteiger partial charge on any atom is -0.331 e. The molecule has 104 valence electrons. The molecule has 5 heteroatoms. The van der Waals surface area contributed by atoms with E-state index in [-0.39, 0.29) is 17.5 Å². The third-order valence-electron chi connectivity index (χ3n) is 3.70. The molecule has 1 aromatic heterocycles. The number of nitrogens with zero attached hydrogens (tertiary/aromatic N) is 1. The first-order valence-electron chi connectivity index (χ1n) is 6.40. The molecule has 1 aliphatic rings. The first kappa shape index (κ1) is 13.2. The number of amides is 1. The molecule has 1 aliphatic heterocycles. The molecule has 0 radical (unpaired) electrons. The first-order chi connectivity index (χ1) is 9.58. The highest BCUT2D eigenvalue weighted by molar-refractivity contribution is 7.10. The smallest absolute Gasteiger partial charge is 0.254 e. The van der Waals surface area contributed by atoms with E-state index in [2.05, 4.69) is 0 Å². The van der Waals surface area contributed by atoms with Crippen molar-refractivity contribution in [2.45, 2.75) is 19.4 Å². The fourth-order valence-corrected chi connectivity index (χ4v) is 3.54. The van der Waals surface area contributed by atoms with Crippen LogP contribution in [0.3, 0.4) is 0 Å². The number of fused-ring (bicyclic) bond motifs is 1. The second-order valence-electron chi connectivity index (χ2n) is 4.85. The van der Waals surface area contributed by atoms with Gasteiger partial charge in [0.1, 0.15) is 0 Å². The summed E-state index contributed by atoms with van der Waals surface area (Å²) in [6.45, 7) is 2.56. The lowest BCUT2D eigenvalue weighted by molar-refractivity contribution is 0.0679. The van der Waals surface area contributed by atoms with Gasteiger partial charge in [-0.05, 0) is 48.6 Å². The fourth-order valence-electron chi connectivity index (χ4n) is 2.58. The standard InChI is InChI=1S/C15H13F2NOS/c1-9-11-5-7-20-14(11)4-6-18(9)15(19)10-2-3-12(16)13(17)8-10/h2-3,5,7-9H,4,6H2,1H3/t9-/m0/s1. The fraction of sp³-hybridized carbons (Fsp3) is 0.267. The summed E-state index contributed by atoms with van der Waals surface area (Å²) in [5, 5.41) is 2.02. The van der Waals surface area contributed by atoms with Crippen LogP contribution < -0.4 is 0 Å². The Kier molecular flexibility index (Phi) is 3.30. The Hall–Kier alpha value is -1.75. The summed E-state index contributed by atoms with van der Waals surface area (Å²) in [6.07, 6.45) is 0.812. The zero-order valence-electron chi connectivity index (χ0n) is 10.9. The van der Waals surface area contributed by atoms with Gasteiger partial charge in [-0.1, -0.05) is 0 Å². The van der Waals surface area contributed by atoms with Crippen molar-refractivity contribution in [2.24, 2.45) is 0 Å². The number of carbonyl (C=O) groups excluding carboxylic acids is 1. The van der Waals surface area contributed by atoms with Crippen molar-refractivity contribution in [2.75, 3.05) is 6.54 Å². The Labute approximate surface area is 119 Å². The minimum absolute atomic E-state index is 0.0365. The summed E-state index contributed by atoms with van der Waals surface area (Å²) in [5.41, 5.74) is 1.34. The summed E-state index contributed by atoms with van der Waals surface area (Å²) in [4.78, 5) is 15.5. The van der Waals surface area contributed by atoms with E-state index in [1.54, 1.807) is 16.2 Å². The van der Waals surface area contributed by atoms with Gasteiger partial charge in [0.25, 0.3) is 5.91 Å². The second-order valence-corrected chi connectivity index (χ2v) is 5.85. The zero-order chi connectivity index (χ0) is 14.3. The van der Waals surface area contributed by atoms with E-state index >= 15 is 0 Å².